The van der Waals surface area contributed by atoms with Gasteiger partial charge < -0.3 is 10.2 Å². The summed E-state index contributed by atoms with van der Waals surface area (Å²) < 4.78 is 0. The van der Waals surface area contributed by atoms with Gasteiger partial charge in [0.05, 0.1) is 18.0 Å². The smallest absolute Gasteiger partial charge is 0.264 e. The van der Waals surface area contributed by atoms with Crippen LogP contribution in [0, 0.1) is 0 Å². The number of rotatable bonds is 7. The number of aromatic nitrogens is 1. The van der Waals surface area contributed by atoms with Crippen LogP contribution in [0.25, 0.3) is 11.3 Å². The summed E-state index contributed by atoms with van der Waals surface area (Å²) in [6, 6.07) is 20.3. The van der Waals surface area contributed by atoms with E-state index in [1.807, 2.05) is 53.9 Å². The molecular weight excluding hydrogens is 370 g/mol. The first-order valence-corrected chi connectivity index (χ1v) is 10.2. The zero-order valence-corrected chi connectivity index (χ0v) is 16.2. The van der Waals surface area contributed by atoms with E-state index in [4.69, 9.17) is 4.84 Å². The maximum Gasteiger partial charge on any atom is 0.264 e. The second-order valence-electron chi connectivity index (χ2n) is 6.65. The second-order valence-corrected chi connectivity index (χ2v) is 7.59. The number of aryl methyl sites for hydroxylation is 1. The number of amides is 1. The number of carbonyl (C=O) groups excluding carboxylic acids is 1. The largest absolute Gasteiger partial charge is 0.382 e. The molecule has 1 N–H and O–H groups in total. The minimum atomic E-state index is -0.542. The molecule has 1 aromatic heterocycles. The number of nitrogens with one attached hydrogen (secondary N) is 1. The van der Waals surface area contributed by atoms with E-state index in [2.05, 4.69) is 27.6 Å². The van der Waals surface area contributed by atoms with Gasteiger partial charge in [-0.25, -0.2) is 4.98 Å². The summed E-state index contributed by atoms with van der Waals surface area (Å²) in [5.41, 5.74) is 4.20. The zero-order chi connectivity index (χ0) is 19.2. The maximum atomic E-state index is 12.4. The Morgan fingerprint density at radius 2 is 1.82 bits per heavy atom. The molecule has 0 saturated carbocycles. The third-order valence-corrected chi connectivity index (χ3v) is 5.45. The molecule has 1 atom stereocenters. The van der Waals surface area contributed by atoms with E-state index in [0.717, 1.165) is 34.8 Å². The molecule has 0 radical (unpaired) electrons. The molecule has 2 aromatic carbocycles. The number of thiazole rings is 1. The Bertz CT molecular complexity index is 954. The van der Waals surface area contributed by atoms with E-state index in [0.29, 0.717) is 13.0 Å². The van der Waals surface area contributed by atoms with Gasteiger partial charge in [-0.05, 0) is 18.4 Å². The van der Waals surface area contributed by atoms with Gasteiger partial charge >= 0.3 is 0 Å². The van der Waals surface area contributed by atoms with Gasteiger partial charge in [0, 0.05) is 17.4 Å². The summed E-state index contributed by atoms with van der Waals surface area (Å²) in [5, 5.41) is 9.88. The van der Waals surface area contributed by atoms with E-state index in [-0.39, 0.29) is 5.91 Å². The molecule has 0 spiro atoms. The predicted octanol–water partition coefficient (Wildman–Crippen LogP) is 4.20. The monoisotopic (exact) mass is 391 g/mol. The van der Waals surface area contributed by atoms with Crippen LogP contribution in [-0.2, 0) is 22.6 Å². The van der Waals surface area contributed by atoms with Crippen molar-refractivity contribution in [2.24, 2.45) is 5.16 Å². The highest BCUT2D eigenvalue weighted by atomic mass is 32.1. The van der Waals surface area contributed by atoms with Crippen molar-refractivity contribution in [3.05, 3.63) is 76.6 Å². The Kier molecular flexibility index (Phi) is 5.77. The highest BCUT2D eigenvalue weighted by molar-refractivity contribution is 7.09. The van der Waals surface area contributed by atoms with Crippen LogP contribution >= 0.6 is 11.3 Å². The third kappa shape index (κ3) is 4.64. The molecule has 0 saturated heterocycles. The van der Waals surface area contributed by atoms with Gasteiger partial charge in [0.25, 0.3) is 5.91 Å². The van der Waals surface area contributed by atoms with Crippen molar-refractivity contribution in [1.82, 2.24) is 10.3 Å². The van der Waals surface area contributed by atoms with Gasteiger partial charge in [-0.3, -0.25) is 4.79 Å². The quantitative estimate of drug-likeness (QED) is 0.656. The molecule has 4 rings (SSSR count). The second kappa shape index (κ2) is 8.80. The summed E-state index contributed by atoms with van der Waals surface area (Å²) in [4.78, 5) is 22.3. The van der Waals surface area contributed by atoms with Crippen molar-refractivity contribution in [3.8, 4) is 11.3 Å². The topological polar surface area (TPSA) is 63.6 Å². The standard InChI is InChI=1S/C22H21N3O2S/c26-22(20-13-18(25-27-20)12-11-16-7-3-1-4-8-16)23-14-21-24-19(15-28-21)17-9-5-2-6-10-17/h1-10,15,20H,11-14H2,(H,23,26)/t20-/m0/s1. The normalized spacial score (nSPS) is 15.7. The Labute approximate surface area is 168 Å². The Morgan fingerprint density at radius 1 is 1.07 bits per heavy atom. The summed E-state index contributed by atoms with van der Waals surface area (Å²) in [5.74, 6) is -0.144. The average molecular weight is 391 g/mol. The summed E-state index contributed by atoms with van der Waals surface area (Å²) in [6.45, 7) is 0.398. The predicted molar refractivity (Wildman–Crippen MR) is 111 cm³/mol. The highest BCUT2D eigenvalue weighted by Gasteiger charge is 2.27. The van der Waals surface area contributed by atoms with Crippen molar-refractivity contribution >= 4 is 23.0 Å². The van der Waals surface area contributed by atoms with Crippen LogP contribution in [0.15, 0.2) is 71.2 Å². The van der Waals surface area contributed by atoms with E-state index in [9.17, 15) is 4.79 Å². The first kappa shape index (κ1) is 18.4. The summed E-state index contributed by atoms with van der Waals surface area (Å²) in [6.07, 6.45) is 1.71. The zero-order valence-electron chi connectivity index (χ0n) is 15.4. The fourth-order valence-electron chi connectivity index (χ4n) is 3.06. The lowest BCUT2D eigenvalue weighted by Gasteiger charge is -2.08. The number of oxime groups is 1. The van der Waals surface area contributed by atoms with Crippen LogP contribution < -0.4 is 5.32 Å². The molecule has 142 valence electrons. The van der Waals surface area contributed by atoms with Gasteiger partial charge in [0.1, 0.15) is 5.01 Å². The molecule has 1 aliphatic rings. The number of benzene rings is 2. The first-order valence-electron chi connectivity index (χ1n) is 9.31. The van der Waals surface area contributed by atoms with Crippen LogP contribution in [0.2, 0.25) is 0 Å². The maximum absolute atomic E-state index is 12.4. The molecular formula is C22H21N3O2S. The Morgan fingerprint density at radius 3 is 2.61 bits per heavy atom. The van der Waals surface area contributed by atoms with Crippen LogP contribution in [-0.4, -0.2) is 22.7 Å². The molecule has 1 amide bonds. The van der Waals surface area contributed by atoms with Crippen molar-refractivity contribution in [2.45, 2.75) is 31.9 Å². The number of carbonyl (C=O) groups is 1. The molecule has 1 aliphatic heterocycles. The fraction of sp³-hybridized carbons (Fsp3) is 0.227. The first-order chi connectivity index (χ1) is 13.8. The lowest BCUT2D eigenvalue weighted by molar-refractivity contribution is -0.131. The van der Waals surface area contributed by atoms with Crippen molar-refractivity contribution in [1.29, 1.82) is 0 Å². The molecule has 0 bridgehead atoms. The Hall–Kier alpha value is -2.99. The van der Waals surface area contributed by atoms with Crippen molar-refractivity contribution < 1.29 is 9.63 Å². The number of hydrogen-bond donors (Lipinski definition) is 1. The highest BCUT2D eigenvalue weighted by Crippen LogP contribution is 2.21. The lowest BCUT2D eigenvalue weighted by Crippen LogP contribution is -2.34. The van der Waals surface area contributed by atoms with Gasteiger partial charge in [0.2, 0.25) is 6.10 Å². The Balaban J connectivity index is 1.23. The van der Waals surface area contributed by atoms with Crippen LogP contribution in [0.3, 0.4) is 0 Å². The van der Waals surface area contributed by atoms with Gasteiger partial charge in [-0.15, -0.1) is 11.3 Å². The van der Waals surface area contributed by atoms with Gasteiger partial charge in [-0.2, -0.15) is 0 Å². The van der Waals surface area contributed by atoms with E-state index in [1.165, 1.54) is 16.9 Å². The van der Waals surface area contributed by atoms with E-state index in [1.54, 1.807) is 0 Å². The van der Waals surface area contributed by atoms with E-state index < -0.39 is 6.10 Å². The molecule has 0 aliphatic carbocycles. The fourth-order valence-corrected chi connectivity index (χ4v) is 3.80. The van der Waals surface area contributed by atoms with E-state index >= 15 is 0 Å². The van der Waals surface area contributed by atoms with Gasteiger partial charge in [0.15, 0.2) is 0 Å². The van der Waals surface area contributed by atoms with Crippen molar-refractivity contribution in [3.63, 3.8) is 0 Å². The molecule has 28 heavy (non-hydrogen) atoms. The third-order valence-electron chi connectivity index (χ3n) is 4.60. The molecule has 5 nitrogen and oxygen atoms in total. The molecule has 3 aromatic rings. The lowest BCUT2D eigenvalue weighted by atomic mass is 10.0. The molecule has 6 heteroatoms. The van der Waals surface area contributed by atoms with Crippen LogP contribution in [0.5, 0.6) is 0 Å². The minimum absolute atomic E-state index is 0.144. The van der Waals surface area contributed by atoms with Crippen molar-refractivity contribution in [2.75, 3.05) is 0 Å². The number of nitrogens with zero attached hydrogens (tertiary/aromatic N) is 2. The number of hydrogen-bond acceptors (Lipinski definition) is 5. The summed E-state index contributed by atoms with van der Waals surface area (Å²) in [7, 11) is 0. The van der Waals surface area contributed by atoms with Crippen LogP contribution in [0.4, 0.5) is 0 Å². The molecule has 0 fully saturated rings. The molecule has 2 heterocycles. The SMILES string of the molecule is O=C(NCc1nc(-c2ccccc2)cs1)[C@@H]1CC(CCc2ccccc2)=NO1. The minimum Gasteiger partial charge on any atom is -0.382 e. The van der Waals surface area contributed by atoms with Crippen LogP contribution in [0.1, 0.15) is 23.4 Å². The molecule has 0 unspecified atom stereocenters. The average Bonchev–Trinajstić information content (AvgIpc) is 3.42. The summed E-state index contributed by atoms with van der Waals surface area (Å²) >= 11 is 1.54. The van der Waals surface area contributed by atoms with Gasteiger partial charge in [-0.1, -0.05) is 65.8 Å².